The molecule has 7 nitrogen and oxygen atoms in total. The second kappa shape index (κ2) is 17.9. The van der Waals surface area contributed by atoms with Crippen molar-refractivity contribution in [2.45, 2.75) is 90.4 Å². The lowest BCUT2D eigenvalue weighted by Gasteiger charge is -2.34. The van der Waals surface area contributed by atoms with Crippen LogP contribution >= 0.6 is 0 Å². The van der Waals surface area contributed by atoms with Crippen molar-refractivity contribution < 1.29 is 34.2 Å². The molecule has 0 fully saturated rings. The molecule has 0 atom stereocenters. The molecule has 30 heavy (non-hydrogen) atoms. The first-order valence-electron chi connectivity index (χ1n) is 11.4. The van der Waals surface area contributed by atoms with Crippen LogP contribution in [-0.2, 0) is 14.4 Å². The van der Waals surface area contributed by atoms with Crippen molar-refractivity contribution in [3.63, 3.8) is 0 Å². The van der Waals surface area contributed by atoms with Crippen LogP contribution in [0.1, 0.15) is 90.4 Å². The van der Waals surface area contributed by atoms with E-state index in [4.69, 9.17) is 15.3 Å². The van der Waals surface area contributed by atoms with E-state index in [0.717, 1.165) is 19.3 Å². The van der Waals surface area contributed by atoms with Crippen LogP contribution in [0.2, 0.25) is 0 Å². The van der Waals surface area contributed by atoms with Crippen molar-refractivity contribution in [3.8, 4) is 0 Å². The summed E-state index contributed by atoms with van der Waals surface area (Å²) in [5.41, 5.74) is 0. The maximum Gasteiger partial charge on any atom is 0.359 e. The Labute approximate surface area is 181 Å². The lowest BCUT2D eigenvalue weighted by Crippen LogP contribution is -2.57. The zero-order chi connectivity index (χ0) is 22.7. The maximum absolute atomic E-state index is 11.1. The van der Waals surface area contributed by atoms with Gasteiger partial charge in [-0.25, -0.2) is 14.4 Å². The Morgan fingerprint density at radius 1 is 0.600 bits per heavy atom. The van der Waals surface area contributed by atoms with E-state index in [2.05, 4.69) is 19.1 Å². The number of unbranched alkanes of at least 4 members (excludes halogenated alkanes) is 12. The smallest absolute Gasteiger partial charge is 0.359 e. The van der Waals surface area contributed by atoms with Gasteiger partial charge in [0.25, 0.3) is 0 Å². The average Bonchev–Trinajstić information content (AvgIpc) is 2.63. The van der Waals surface area contributed by atoms with Gasteiger partial charge in [0, 0.05) is 0 Å². The highest BCUT2D eigenvalue weighted by atomic mass is 16.4. The summed E-state index contributed by atoms with van der Waals surface area (Å²) in [7, 11) is 0. The number of carbonyl (C=O) groups is 3. The van der Waals surface area contributed by atoms with E-state index in [1.807, 2.05) is 0 Å². The quantitative estimate of drug-likeness (QED) is 0.139. The molecule has 0 aliphatic rings. The monoisotopic (exact) mass is 428 g/mol. The molecule has 0 aromatic heterocycles. The molecular weight excluding hydrogens is 386 g/mol. The van der Waals surface area contributed by atoms with Crippen LogP contribution in [0.15, 0.2) is 12.2 Å². The predicted octanol–water partition coefficient (Wildman–Crippen LogP) is 4.70. The summed E-state index contributed by atoms with van der Waals surface area (Å²) in [6, 6.07) is 0. The summed E-state index contributed by atoms with van der Waals surface area (Å²) < 4.78 is -0.436. The molecule has 0 amide bonds. The fourth-order valence-electron chi connectivity index (χ4n) is 3.91. The number of hydrogen-bond donors (Lipinski definition) is 3. The third-order valence-electron chi connectivity index (χ3n) is 5.40. The summed E-state index contributed by atoms with van der Waals surface area (Å²) in [5.74, 6) is -3.51. The lowest BCUT2D eigenvalue weighted by atomic mass is 10.0. The zero-order valence-electron chi connectivity index (χ0n) is 18.7. The molecule has 3 N–H and O–H groups in total. The number of carboxylic acid groups (broad SMARTS) is 3. The summed E-state index contributed by atoms with van der Waals surface area (Å²) >= 11 is 0. The minimum absolute atomic E-state index is 0.263. The van der Waals surface area contributed by atoms with Crippen LogP contribution in [0, 0.1) is 0 Å². The molecule has 0 radical (unpaired) electrons. The van der Waals surface area contributed by atoms with Crippen LogP contribution in [0.4, 0.5) is 0 Å². The molecule has 0 saturated carbocycles. The molecule has 174 valence electrons. The highest BCUT2D eigenvalue weighted by molar-refractivity contribution is 5.73. The number of quaternary nitrogens is 1. The summed E-state index contributed by atoms with van der Waals surface area (Å²) in [5, 5.41) is 27.3. The Hall–Kier alpha value is -1.89. The number of rotatable bonds is 21. The topological polar surface area (TPSA) is 112 Å². The standard InChI is InChI=1S/C23H41NO6/c1-2-3-4-5-6-7-8-9-10-11-12-13-14-15-16-17-24(18-21(25)26,19-22(27)28)20-23(29)30/h2-3H,4-20H2,1H3,(H2-,25,26,27,28,29,30)/p+1/b3-2+. The Morgan fingerprint density at radius 2 is 0.933 bits per heavy atom. The van der Waals surface area contributed by atoms with Crippen LogP contribution < -0.4 is 0 Å². The SMILES string of the molecule is C/C=C/CCCCCCCCCCCCCC[N+](CC(=O)O)(CC(=O)O)CC(=O)O. The van der Waals surface area contributed by atoms with Gasteiger partial charge in [-0.3, -0.25) is 4.48 Å². The number of hydrogen-bond acceptors (Lipinski definition) is 3. The first-order valence-corrected chi connectivity index (χ1v) is 11.4. The van der Waals surface area contributed by atoms with E-state index in [1.54, 1.807) is 0 Å². The summed E-state index contributed by atoms with van der Waals surface area (Å²) in [6.45, 7) is 0.888. The molecule has 0 aliphatic carbocycles. The van der Waals surface area contributed by atoms with Crippen molar-refractivity contribution in [2.24, 2.45) is 0 Å². The third-order valence-corrected chi connectivity index (χ3v) is 5.40. The van der Waals surface area contributed by atoms with Crippen molar-refractivity contribution in [2.75, 3.05) is 26.2 Å². The molecule has 7 heteroatoms. The van der Waals surface area contributed by atoms with E-state index < -0.39 is 42.0 Å². The van der Waals surface area contributed by atoms with Gasteiger partial charge in [-0.1, -0.05) is 69.9 Å². The second-order valence-corrected chi connectivity index (χ2v) is 8.32. The Bertz CT molecular complexity index is 477. The van der Waals surface area contributed by atoms with E-state index >= 15 is 0 Å². The van der Waals surface area contributed by atoms with E-state index in [-0.39, 0.29) is 6.54 Å². The highest BCUT2D eigenvalue weighted by Gasteiger charge is 2.35. The Morgan fingerprint density at radius 3 is 1.27 bits per heavy atom. The Balaban J connectivity index is 3.89. The van der Waals surface area contributed by atoms with Crippen molar-refractivity contribution in [1.82, 2.24) is 0 Å². The summed E-state index contributed by atoms with van der Waals surface area (Å²) in [6.07, 6.45) is 19.4. The molecule has 0 aliphatic heterocycles. The van der Waals surface area contributed by atoms with Gasteiger partial charge in [-0.2, -0.15) is 0 Å². The summed E-state index contributed by atoms with van der Waals surface area (Å²) in [4.78, 5) is 33.4. The zero-order valence-corrected chi connectivity index (χ0v) is 18.7. The molecule has 0 aromatic rings. The van der Waals surface area contributed by atoms with E-state index in [0.29, 0.717) is 6.42 Å². The minimum Gasteiger partial charge on any atom is -0.477 e. The highest BCUT2D eigenvalue weighted by Crippen LogP contribution is 2.15. The first kappa shape index (κ1) is 28.1. The average molecular weight is 429 g/mol. The van der Waals surface area contributed by atoms with E-state index in [1.165, 1.54) is 57.8 Å². The van der Waals surface area contributed by atoms with Crippen molar-refractivity contribution in [1.29, 1.82) is 0 Å². The molecule has 0 saturated heterocycles. The van der Waals surface area contributed by atoms with Gasteiger partial charge >= 0.3 is 17.9 Å². The largest absolute Gasteiger partial charge is 0.477 e. The minimum atomic E-state index is -1.17. The molecule has 0 bridgehead atoms. The van der Waals surface area contributed by atoms with Gasteiger partial charge in [0.1, 0.15) is 0 Å². The van der Waals surface area contributed by atoms with E-state index in [9.17, 15) is 14.4 Å². The fraction of sp³-hybridized carbons (Fsp3) is 0.783. The second-order valence-electron chi connectivity index (χ2n) is 8.32. The molecular formula is C23H42NO6+. The van der Waals surface area contributed by atoms with Gasteiger partial charge in [-0.15, -0.1) is 0 Å². The first-order chi connectivity index (χ1) is 14.3. The molecule has 0 aromatic carbocycles. The number of aliphatic carboxylic acids is 3. The van der Waals surface area contributed by atoms with Gasteiger partial charge in [0.15, 0.2) is 19.6 Å². The molecule has 0 rings (SSSR count). The van der Waals surface area contributed by atoms with Crippen LogP contribution in [0.5, 0.6) is 0 Å². The Kier molecular flexibility index (Phi) is 16.8. The van der Waals surface area contributed by atoms with Crippen molar-refractivity contribution >= 4 is 17.9 Å². The van der Waals surface area contributed by atoms with Gasteiger partial charge < -0.3 is 15.3 Å². The molecule has 0 spiro atoms. The number of nitrogens with zero attached hydrogens (tertiary/aromatic N) is 1. The third kappa shape index (κ3) is 17.0. The van der Waals surface area contributed by atoms with Gasteiger partial charge in [-0.05, 0) is 32.6 Å². The predicted molar refractivity (Wildman–Crippen MR) is 117 cm³/mol. The van der Waals surface area contributed by atoms with Gasteiger partial charge in [0.2, 0.25) is 0 Å². The lowest BCUT2D eigenvalue weighted by molar-refractivity contribution is -0.907. The fourth-order valence-corrected chi connectivity index (χ4v) is 3.91. The van der Waals surface area contributed by atoms with Crippen LogP contribution in [-0.4, -0.2) is 63.9 Å². The van der Waals surface area contributed by atoms with Crippen LogP contribution in [0.3, 0.4) is 0 Å². The maximum atomic E-state index is 11.1. The number of carboxylic acids is 3. The van der Waals surface area contributed by atoms with Crippen LogP contribution in [0.25, 0.3) is 0 Å². The van der Waals surface area contributed by atoms with Gasteiger partial charge in [0.05, 0.1) is 6.54 Å². The number of allylic oxidation sites excluding steroid dienone is 2. The molecule has 0 heterocycles. The normalized spacial score (nSPS) is 11.8. The molecule has 0 unspecified atom stereocenters. The van der Waals surface area contributed by atoms with Crippen molar-refractivity contribution in [3.05, 3.63) is 12.2 Å².